The monoisotopic (exact) mass is 476 g/mol. The first-order valence-electron chi connectivity index (χ1n) is 11.8. The molecule has 2 aliphatic rings. The van der Waals surface area contributed by atoms with E-state index in [0.717, 1.165) is 69.7 Å². The number of thiol groups is 1. The minimum Gasteiger partial charge on any atom is -0.494 e. The first-order valence-corrected chi connectivity index (χ1v) is 15.6. The summed E-state index contributed by atoms with van der Waals surface area (Å²) in [4.78, 5) is 11.4. The molecule has 1 aromatic heterocycles. The highest BCUT2D eigenvalue weighted by atomic mass is 32.8. The molecule has 0 aliphatic carbocycles. The summed E-state index contributed by atoms with van der Waals surface area (Å²) < 4.78 is 20.5. The van der Waals surface area contributed by atoms with E-state index in [4.69, 9.17) is 4.74 Å². The summed E-state index contributed by atoms with van der Waals surface area (Å²) in [6.07, 6.45) is 12.3. The van der Waals surface area contributed by atoms with Gasteiger partial charge in [-0.2, -0.15) is 0 Å². The van der Waals surface area contributed by atoms with E-state index < -0.39 is 9.74 Å². The van der Waals surface area contributed by atoms with E-state index in [2.05, 4.69) is 52.7 Å². The molecule has 0 radical (unpaired) electrons. The van der Waals surface area contributed by atoms with Crippen LogP contribution in [-0.2, 0) is 29.1 Å². The van der Waals surface area contributed by atoms with Crippen molar-refractivity contribution >= 4 is 24.1 Å². The molecule has 1 saturated heterocycles. The molecule has 6 nitrogen and oxygen atoms in total. The van der Waals surface area contributed by atoms with Crippen molar-refractivity contribution in [2.45, 2.75) is 52.0 Å². The zero-order chi connectivity index (χ0) is 22.6. The van der Waals surface area contributed by atoms with Crippen molar-refractivity contribution in [1.29, 1.82) is 0 Å². The lowest BCUT2D eigenvalue weighted by Gasteiger charge is -2.34. The Morgan fingerprint density at radius 2 is 1.91 bits per heavy atom. The number of ether oxygens (including phenoxy) is 1. The van der Waals surface area contributed by atoms with E-state index in [1.54, 1.807) is 0 Å². The van der Waals surface area contributed by atoms with Crippen molar-refractivity contribution < 1.29 is 8.95 Å². The standard InChI is InChI=1S/C24H37N4O2PS/c1-3-19-16-25-24(26-17-19)27-11-8-20(9-12-27)5-4-14-30-23-7-6-22-18-28(32(2,29)31)13-10-21(22)15-23/h6-7,15-17,20,32H,3-5,8-14,18,31H2,1-2H3. The number of hydrogen-bond acceptors (Lipinski definition) is 5. The molecule has 4 rings (SSSR count). The van der Waals surface area contributed by atoms with Gasteiger partial charge in [0.2, 0.25) is 5.95 Å². The summed E-state index contributed by atoms with van der Waals surface area (Å²) in [6.45, 7) is 6.59. The lowest BCUT2D eigenvalue weighted by Crippen LogP contribution is -2.36. The fourth-order valence-electron chi connectivity index (χ4n) is 4.62. The second-order valence-electron chi connectivity index (χ2n) is 9.18. The maximum atomic E-state index is 12.3. The predicted molar refractivity (Wildman–Crippen MR) is 137 cm³/mol. The van der Waals surface area contributed by atoms with E-state index in [9.17, 15) is 4.21 Å². The molecule has 3 heterocycles. The van der Waals surface area contributed by atoms with Crippen molar-refractivity contribution in [3.8, 4) is 5.75 Å². The Morgan fingerprint density at radius 3 is 2.59 bits per heavy atom. The Morgan fingerprint density at radius 1 is 1.16 bits per heavy atom. The smallest absolute Gasteiger partial charge is 0.225 e. The fourth-order valence-corrected chi connectivity index (χ4v) is 6.14. The highest BCUT2D eigenvalue weighted by molar-refractivity contribution is 8.43. The van der Waals surface area contributed by atoms with Gasteiger partial charge in [-0.3, -0.25) is 4.21 Å². The number of benzene rings is 1. The van der Waals surface area contributed by atoms with Gasteiger partial charge in [-0.25, -0.2) is 14.3 Å². The third-order valence-electron chi connectivity index (χ3n) is 6.75. The molecule has 2 aromatic rings. The van der Waals surface area contributed by atoms with Gasteiger partial charge in [-0.1, -0.05) is 21.4 Å². The van der Waals surface area contributed by atoms with Crippen molar-refractivity contribution in [2.24, 2.45) is 5.92 Å². The van der Waals surface area contributed by atoms with Gasteiger partial charge in [0.25, 0.3) is 0 Å². The van der Waals surface area contributed by atoms with Crippen LogP contribution >= 0.6 is 8.44 Å². The molecular weight excluding hydrogens is 439 g/mol. The van der Waals surface area contributed by atoms with Crippen molar-refractivity contribution in [2.75, 3.05) is 37.4 Å². The molecule has 0 saturated carbocycles. The number of piperidine rings is 1. The van der Waals surface area contributed by atoms with Crippen molar-refractivity contribution in [3.63, 3.8) is 0 Å². The number of aryl methyl sites for hydroxylation is 1. The van der Waals surface area contributed by atoms with Crippen molar-refractivity contribution in [1.82, 2.24) is 14.3 Å². The van der Waals surface area contributed by atoms with Crippen LogP contribution in [0.25, 0.3) is 0 Å². The number of hydrogen-bond donors (Lipinski definition) is 1. The molecule has 8 heteroatoms. The molecule has 1 atom stereocenters. The van der Waals surface area contributed by atoms with Crippen LogP contribution in [0.15, 0.2) is 30.6 Å². The van der Waals surface area contributed by atoms with Gasteiger partial charge in [0.15, 0.2) is 0 Å². The summed E-state index contributed by atoms with van der Waals surface area (Å²) in [5, 5.41) is 0. The lowest BCUT2D eigenvalue weighted by molar-refractivity contribution is 0.278. The van der Waals surface area contributed by atoms with Gasteiger partial charge in [0, 0.05) is 44.8 Å². The minimum atomic E-state index is -2.26. The third kappa shape index (κ3) is 6.06. The average molecular weight is 477 g/mol. The first kappa shape index (κ1) is 23.6. The summed E-state index contributed by atoms with van der Waals surface area (Å²) in [5.41, 5.74) is 3.79. The van der Waals surface area contributed by atoms with Gasteiger partial charge in [0.1, 0.15) is 5.75 Å². The lowest BCUT2D eigenvalue weighted by atomic mass is 9.92. The minimum absolute atomic E-state index is 0.760. The quantitative estimate of drug-likeness (QED) is 0.357. The maximum Gasteiger partial charge on any atom is 0.225 e. The molecule has 176 valence electrons. The number of fused-ring (bicyclic) bond motifs is 1. The van der Waals surface area contributed by atoms with Gasteiger partial charge in [0.05, 0.1) is 6.61 Å². The topological polar surface area (TPSA) is 58.6 Å². The highest BCUT2D eigenvalue weighted by Gasteiger charge is 2.22. The van der Waals surface area contributed by atoms with Crippen LogP contribution in [0, 0.1) is 5.92 Å². The zero-order valence-electron chi connectivity index (χ0n) is 19.4. The summed E-state index contributed by atoms with van der Waals surface area (Å²) in [5.74, 6) is 2.60. The normalized spacial score (nSPS) is 18.4. The van der Waals surface area contributed by atoms with Crippen LogP contribution in [0.3, 0.4) is 0 Å². The van der Waals surface area contributed by atoms with E-state index in [-0.39, 0.29) is 0 Å². The van der Waals surface area contributed by atoms with E-state index >= 15 is 0 Å². The van der Waals surface area contributed by atoms with E-state index in [0.29, 0.717) is 0 Å². The van der Waals surface area contributed by atoms with Gasteiger partial charge in [-0.15, -0.1) is 0 Å². The van der Waals surface area contributed by atoms with Crippen molar-refractivity contribution in [3.05, 3.63) is 47.3 Å². The van der Waals surface area contributed by atoms with Crippen LogP contribution < -0.4 is 9.64 Å². The molecule has 0 N–H and O–H groups in total. The molecule has 1 unspecified atom stereocenters. The number of rotatable bonds is 8. The summed E-state index contributed by atoms with van der Waals surface area (Å²) >= 11 is 0. The number of anilines is 1. The maximum absolute atomic E-state index is 12.3. The molecule has 0 amide bonds. The van der Waals surface area contributed by atoms with Crippen LogP contribution in [0.1, 0.15) is 49.3 Å². The van der Waals surface area contributed by atoms with Crippen LogP contribution in [0.4, 0.5) is 5.95 Å². The Kier molecular flexibility index (Phi) is 7.80. The van der Waals surface area contributed by atoms with Crippen LogP contribution in [-0.4, -0.2) is 51.0 Å². The summed E-state index contributed by atoms with van der Waals surface area (Å²) in [6, 6.07) is 6.38. The molecule has 0 bridgehead atoms. The van der Waals surface area contributed by atoms with E-state index in [1.165, 1.54) is 36.0 Å². The number of nitrogens with zero attached hydrogens (tertiary/aromatic N) is 4. The highest BCUT2D eigenvalue weighted by Crippen LogP contribution is 2.29. The fraction of sp³-hybridized carbons (Fsp3) is 0.583. The molecular formula is C24H37N4O2PS. The van der Waals surface area contributed by atoms with Gasteiger partial charge >= 0.3 is 0 Å². The van der Waals surface area contributed by atoms with E-state index in [1.807, 2.05) is 18.6 Å². The number of aromatic nitrogens is 2. The first-order chi connectivity index (χ1) is 15.4. The molecule has 1 aromatic carbocycles. The van der Waals surface area contributed by atoms with Gasteiger partial charge < -0.3 is 9.64 Å². The third-order valence-corrected chi connectivity index (χ3v) is 9.20. The SMILES string of the molecule is CCc1cnc(N2CCC(CCCOc3ccc4c(c3)CCN([SH](C)(=O)P)C4)CC2)nc1. The van der Waals surface area contributed by atoms with Crippen LogP contribution in [0.2, 0.25) is 0 Å². The largest absolute Gasteiger partial charge is 0.494 e. The molecule has 2 aliphatic heterocycles. The molecule has 32 heavy (non-hydrogen) atoms. The zero-order valence-corrected chi connectivity index (χ0v) is 21.4. The average Bonchev–Trinajstić information content (AvgIpc) is 2.81. The second kappa shape index (κ2) is 10.6. The Hall–Kier alpha value is -1.56. The molecule has 1 fully saturated rings. The Labute approximate surface area is 195 Å². The Bertz CT molecular complexity index is 942. The molecule has 0 spiro atoms. The predicted octanol–water partition coefficient (Wildman–Crippen LogP) is 3.82. The van der Waals surface area contributed by atoms with Crippen LogP contribution in [0.5, 0.6) is 5.75 Å². The summed E-state index contributed by atoms with van der Waals surface area (Å²) in [7, 11) is 0.261. The van der Waals surface area contributed by atoms with Gasteiger partial charge in [-0.05, 0) is 83.0 Å². The Balaban J connectivity index is 1.17. The second-order valence-corrected chi connectivity index (χ2v) is 14.5.